The molecule has 174 valence electrons. The topological polar surface area (TPSA) is 111 Å². The molecule has 2 aliphatic rings. The fourth-order valence-electron chi connectivity index (χ4n) is 4.01. The highest BCUT2D eigenvalue weighted by molar-refractivity contribution is 6.26. The van der Waals surface area contributed by atoms with Gasteiger partial charge in [-0.3, -0.25) is 10.1 Å². The molecular formula is C24H22N3O7+. The van der Waals surface area contributed by atoms with Gasteiger partial charge in [0, 0.05) is 29.8 Å². The average molecular weight is 464 g/mol. The van der Waals surface area contributed by atoms with Gasteiger partial charge in [-0.05, 0) is 6.08 Å². The van der Waals surface area contributed by atoms with Crippen LogP contribution >= 0.6 is 0 Å². The third-order valence-electron chi connectivity index (χ3n) is 5.59. The molecule has 1 aliphatic carbocycles. The normalized spacial score (nSPS) is 17.0. The first-order chi connectivity index (χ1) is 16.4. The Balaban J connectivity index is 1.83. The van der Waals surface area contributed by atoms with E-state index in [0.29, 0.717) is 17.0 Å². The molecule has 0 saturated carbocycles. The Bertz CT molecular complexity index is 1250. The highest BCUT2D eigenvalue weighted by Gasteiger charge is 2.48. The summed E-state index contributed by atoms with van der Waals surface area (Å²) in [7, 11) is 4.34. The predicted octanol–water partition coefficient (Wildman–Crippen LogP) is 3.48. The maximum atomic E-state index is 13.7. The lowest BCUT2D eigenvalue weighted by molar-refractivity contribution is -0.446. The molecule has 0 radical (unpaired) electrons. The molecule has 1 atom stereocenters. The molecule has 1 unspecified atom stereocenters. The van der Waals surface area contributed by atoms with Crippen molar-refractivity contribution in [1.82, 2.24) is 0 Å². The Morgan fingerprint density at radius 2 is 1.74 bits per heavy atom. The lowest BCUT2D eigenvalue weighted by Gasteiger charge is -2.27. The summed E-state index contributed by atoms with van der Waals surface area (Å²) in [6.07, 6.45) is 6.88. The van der Waals surface area contributed by atoms with Crippen molar-refractivity contribution < 1.29 is 33.3 Å². The number of urea groups is 1. The number of nitro benzene ring substituents is 1. The molecule has 1 heterocycles. The van der Waals surface area contributed by atoms with Crippen LogP contribution in [0.5, 0.6) is 17.2 Å². The number of ether oxygens (including phenoxy) is 3. The van der Waals surface area contributed by atoms with Gasteiger partial charge < -0.3 is 14.2 Å². The quantitative estimate of drug-likeness (QED) is 0.350. The molecule has 0 saturated heterocycles. The number of benzene rings is 2. The Hall–Kier alpha value is -4.47. The zero-order chi connectivity index (χ0) is 24.4. The number of nitrogens with zero attached hydrogens (tertiary/aromatic N) is 3. The van der Waals surface area contributed by atoms with E-state index >= 15 is 0 Å². The summed E-state index contributed by atoms with van der Waals surface area (Å²) in [5.41, 5.74) is 1.21. The van der Waals surface area contributed by atoms with E-state index in [-0.39, 0.29) is 29.4 Å². The van der Waals surface area contributed by atoms with E-state index in [1.54, 1.807) is 36.4 Å². The van der Waals surface area contributed by atoms with E-state index in [1.807, 2.05) is 0 Å². The standard InChI is InChI=1S/C24H22N3O7/c1-32-20-12-17(13-21(33-2)22(20)34-3)26-23(28)18-9-4-5-10-19(18)25(24(26)29)14-15-7-6-8-16(11-15)27(30)31/h4-13,18H,14H2,1-3H3/q+1. The Kier molecular flexibility index (Phi) is 6.13. The van der Waals surface area contributed by atoms with E-state index < -0.39 is 22.8 Å². The van der Waals surface area contributed by atoms with Gasteiger partial charge in [-0.1, -0.05) is 30.4 Å². The lowest BCUT2D eigenvalue weighted by atomic mass is 9.94. The van der Waals surface area contributed by atoms with E-state index in [0.717, 1.165) is 4.90 Å². The molecule has 34 heavy (non-hydrogen) atoms. The maximum Gasteiger partial charge on any atom is 0.506 e. The van der Waals surface area contributed by atoms with Crippen LogP contribution < -0.4 is 19.1 Å². The van der Waals surface area contributed by atoms with Gasteiger partial charge in [0.15, 0.2) is 11.5 Å². The Labute approximate surface area is 195 Å². The molecule has 4 rings (SSSR count). The first-order valence-corrected chi connectivity index (χ1v) is 10.3. The number of hydrogen-bond donors (Lipinski definition) is 0. The van der Waals surface area contributed by atoms with Gasteiger partial charge in [0.25, 0.3) is 5.69 Å². The summed E-state index contributed by atoms with van der Waals surface area (Å²) >= 11 is 0. The number of hydrogen-bond acceptors (Lipinski definition) is 7. The van der Waals surface area contributed by atoms with Crippen LogP contribution in [-0.2, 0) is 11.3 Å². The van der Waals surface area contributed by atoms with E-state index in [1.165, 1.54) is 50.2 Å². The summed E-state index contributed by atoms with van der Waals surface area (Å²) in [5.74, 6) is -0.245. The first-order valence-electron chi connectivity index (χ1n) is 10.3. The average Bonchev–Trinajstić information content (AvgIpc) is 2.86. The van der Waals surface area contributed by atoms with Crippen molar-refractivity contribution in [1.29, 1.82) is 0 Å². The number of imide groups is 1. The van der Waals surface area contributed by atoms with Gasteiger partial charge in [-0.15, -0.1) is 4.90 Å². The number of anilines is 1. The number of methoxy groups -OCH3 is 3. The fraction of sp³-hybridized carbons (Fsp3) is 0.208. The summed E-state index contributed by atoms with van der Waals surface area (Å²) in [5, 5.41) is 11.2. The predicted molar refractivity (Wildman–Crippen MR) is 123 cm³/mol. The monoisotopic (exact) mass is 464 g/mol. The smallest absolute Gasteiger partial charge is 0.493 e. The number of non-ortho nitro benzene ring substituents is 1. The summed E-state index contributed by atoms with van der Waals surface area (Å²) in [4.78, 5) is 38.9. The van der Waals surface area contributed by atoms with Crippen molar-refractivity contribution in [2.24, 2.45) is 5.92 Å². The number of carbonyl (C=O) groups is 2. The van der Waals surface area contributed by atoms with Crippen LogP contribution in [0.25, 0.3) is 0 Å². The third-order valence-corrected chi connectivity index (χ3v) is 5.59. The number of amides is 3. The largest absolute Gasteiger partial charge is 0.506 e. The van der Waals surface area contributed by atoms with Crippen LogP contribution in [0.2, 0.25) is 0 Å². The molecule has 0 N–H and O–H groups in total. The van der Waals surface area contributed by atoms with Gasteiger partial charge in [-0.2, -0.15) is 9.37 Å². The maximum absolute atomic E-state index is 13.7. The molecule has 0 fully saturated rings. The minimum Gasteiger partial charge on any atom is -0.493 e. The zero-order valence-electron chi connectivity index (χ0n) is 18.8. The van der Waals surface area contributed by atoms with Gasteiger partial charge in [0.05, 0.1) is 26.3 Å². The number of allylic oxidation sites excluding steroid dienone is 3. The second kappa shape index (κ2) is 9.18. The minimum absolute atomic E-state index is 0.0404. The van der Waals surface area contributed by atoms with Crippen molar-refractivity contribution in [2.75, 3.05) is 26.2 Å². The number of nitro groups is 1. The highest BCUT2D eigenvalue weighted by Crippen LogP contribution is 2.42. The van der Waals surface area contributed by atoms with Gasteiger partial charge in [0.1, 0.15) is 23.9 Å². The molecule has 0 spiro atoms. The van der Waals surface area contributed by atoms with Crippen LogP contribution in [0.1, 0.15) is 5.56 Å². The molecule has 0 bridgehead atoms. The SMILES string of the molecule is COc1cc(N2C(=O)C3C=CC=CC3=[N+](Cc3cccc([N+](=O)[O-])c3)C2=O)cc(OC)c1OC. The molecule has 2 aromatic carbocycles. The summed E-state index contributed by atoms with van der Waals surface area (Å²) in [6, 6.07) is 8.49. The fourth-order valence-corrected chi connectivity index (χ4v) is 4.01. The molecule has 3 amide bonds. The van der Waals surface area contributed by atoms with Crippen LogP contribution in [0, 0.1) is 16.0 Å². The van der Waals surface area contributed by atoms with Gasteiger partial charge in [0.2, 0.25) is 5.75 Å². The van der Waals surface area contributed by atoms with E-state index in [9.17, 15) is 19.7 Å². The zero-order valence-corrected chi connectivity index (χ0v) is 18.8. The molecule has 2 aromatic rings. The Morgan fingerprint density at radius 1 is 1.03 bits per heavy atom. The molecular weight excluding hydrogens is 442 g/mol. The van der Waals surface area contributed by atoms with Crippen LogP contribution in [0.4, 0.5) is 16.2 Å². The van der Waals surface area contributed by atoms with Crippen molar-refractivity contribution in [3.05, 3.63) is 76.4 Å². The highest BCUT2D eigenvalue weighted by atomic mass is 16.6. The van der Waals surface area contributed by atoms with Crippen molar-refractivity contribution in [2.45, 2.75) is 6.54 Å². The summed E-state index contributed by atoms with van der Waals surface area (Å²) in [6.45, 7) is 0.0404. The minimum atomic E-state index is -0.708. The van der Waals surface area contributed by atoms with Crippen LogP contribution in [-0.4, -0.2) is 48.5 Å². The molecule has 10 nitrogen and oxygen atoms in total. The number of rotatable bonds is 7. The van der Waals surface area contributed by atoms with Crippen molar-refractivity contribution >= 4 is 29.0 Å². The molecule has 1 aliphatic heterocycles. The van der Waals surface area contributed by atoms with E-state index in [4.69, 9.17) is 14.2 Å². The van der Waals surface area contributed by atoms with Crippen molar-refractivity contribution in [3.63, 3.8) is 0 Å². The van der Waals surface area contributed by atoms with Gasteiger partial charge >= 0.3 is 11.9 Å². The second-order valence-electron chi connectivity index (χ2n) is 7.50. The second-order valence-corrected chi connectivity index (χ2v) is 7.50. The number of carbonyl (C=O) groups excluding carboxylic acids is 2. The number of fused-ring (bicyclic) bond motifs is 1. The molecule has 10 heteroatoms. The van der Waals surface area contributed by atoms with E-state index in [2.05, 4.69) is 0 Å². The van der Waals surface area contributed by atoms with Crippen molar-refractivity contribution in [3.8, 4) is 17.2 Å². The van der Waals surface area contributed by atoms with Crippen LogP contribution in [0.3, 0.4) is 0 Å². The van der Waals surface area contributed by atoms with Crippen LogP contribution in [0.15, 0.2) is 60.7 Å². The summed E-state index contributed by atoms with van der Waals surface area (Å²) < 4.78 is 17.5. The first kappa shape index (κ1) is 22.7. The van der Waals surface area contributed by atoms with Gasteiger partial charge in [-0.25, -0.2) is 4.79 Å². The Morgan fingerprint density at radius 3 is 2.35 bits per heavy atom. The lowest BCUT2D eigenvalue weighted by Crippen LogP contribution is -2.54. The molecule has 0 aromatic heterocycles. The third kappa shape index (κ3) is 3.90.